The minimum Gasteiger partial charge on any atom is -0.497 e. The number of hydrogen-bond acceptors (Lipinski definition) is 3. The summed E-state index contributed by atoms with van der Waals surface area (Å²) in [5, 5.41) is 5.45. The molecule has 0 bridgehead atoms. The third-order valence-electron chi connectivity index (χ3n) is 3.61. The lowest BCUT2D eigenvalue weighted by Crippen LogP contribution is -2.36. The highest BCUT2D eigenvalue weighted by atomic mass is 79.9. The van der Waals surface area contributed by atoms with Gasteiger partial charge in [-0.1, -0.05) is 40.2 Å². The molecule has 4 N–H and O–H groups in total. The molecule has 2 rings (SSSR count). The molecule has 0 saturated heterocycles. The van der Waals surface area contributed by atoms with Crippen molar-refractivity contribution >= 4 is 27.9 Å². The second kappa shape index (κ2) is 9.08. The number of hydrogen-bond donors (Lipinski definition) is 3. The highest BCUT2D eigenvalue weighted by Crippen LogP contribution is 2.21. The van der Waals surface area contributed by atoms with Gasteiger partial charge in [-0.25, -0.2) is 4.79 Å². The molecular formula is C18H20BrN3O3. The predicted octanol–water partition coefficient (Wildman–Crippen LogP) is 2.87. The Labute approximate surface area is 154 Å². The normalized spacial score (nSPS) is 11.4. The quantitative estimate of drug-likeness (QED) is 0.660. The lowest BCUT2D eigenvalue weighted by Gasteiger charge is -2.18. The highest BCUT2D eigenvalue weighted by molar-refractivity contribution is 9.10. The molecule has 0 aliphatic carbocycles. The van der Waals surface area contributed by atoms with Crippen molar-refractivity contribution in [2.45, 2.75) is 19.0 Å². The molecule has 0 spiro atoms. The number of nitrogens with two attached hydrogens (primary N) is 1. The number of carbonyl (C=O) groups excluding carboxylic acids is 2. The topological polar surface area (TPSA) is 93.4 Å². The maximum atomic E-state index is 12.2. The van der Waals surface area contributed by atoms with Crippen LogP contribution in [0.4, 0.5) is 4.79 Å². The van der Waals surface area contributed by atoms with Crippen LogP contribution in [0.2, 0.25) is 0 Å². The van der Waals surface area contributed by atoms with Gasteiger partial charge >= 0.3 is 6.03 Å². The summed E-state index contributed by atoms with van der Waals surface area (Å²) in [7, 11) is 1.60. The van der Waals surface area contributed by atoms with Gasteiger partial charge in [-0.05, 0) is 35.4 Å². The number of halogens is 1. The van der Waals surface area contributed by atoms with Crippen LogP contribution in [0.15, 0.2) is 53.0 Å². The number of rotatable bonds is 7. The van der Waals surface area contributed by atoms with Crippen LogP contribution >= 0.6 is 15.9 Å². The van der Waals surface area contributed by atoms with E-state index in [0.29, 0.717) is 6.54 Å². The minimum absolute atomic E-state index is 0.0928. The Morgan fingerprint density at radius 3 is 2.52 bits per heavy atom. The van der Waals surface area contributed by atoms with Crippen LogP contribution in [0, 0.1) is 0 Å². The molecule has 2 aromatic rings. The molecule has 25 heavy (non-hydrogen) atoms. The van der Waals surface area contributed by atoms with Crippen LogP contribution < -0.4 is 21.1 Å². The van der Waals surface area contributed by atoms with Gasteiger partial charge in [-0.3, -0.25) is 4.79 Å². The van der Waals surface area contributed by atoms with E-state index in [1.165, 1.54) is 0 Å². The zero-order chi connectivity index (χ0) is 18.2. The number of primary amides is 1. The van der Waals surface area contributed by atoms with Crippen LogP contribution in [0.5, 0.6) is 5.75 Å². The van der Waals surface area contributed by atoms with Crippen molar-refractivity contribution in [3.05, 3.63) is 64.1 Å². The average Bonchev–Trinajstić information content (AvgIpc) is 2.59. The molecule has 2 aromatic carbocycles. The van der Waals surface area contributed by atoms with Gasteiger partial charge < -0.3 is 21.1 Å². The number of benzene rings is 2. The first-order valence-corrected chi connectivity index (χ1v) is 8.48. The summed E-state index contributed by atoms with van der Waals surface area (Å²) in [6, 6.07) is 13.7. The summed E-state index contributed by atoms with van der Waals surface area (Å²) in [6.07, 6.45) is 0.0928. The van der Waals surface area contributed by atoms with Crippen LogP contribution in [0.1, 0.15) is 23.6 Å². The predicted molar refractivity (Wildman–Crippen MR) is 99.1 cm³/mol. The van der Waals surface area contributed by atoms with E-state index in [1.807, 2.05) is 48.5 Å². The van der Waals surface area contributed by atoms with Gasteiger partial charge in [0.15, 0.2) is 0 Å². The molecule has 3 amide bonds. The van der Waals surface area contributed by atoms with Gasteiger partial charge in [0, 0.05) is 11.0 Å². The summed E-state index contributed by atoms with van der Waals surface area (Å²) in [5.74, 6) is 0.574. The van der Waals surface area contributed by atoms with Crippen molar-refractivity contribution < 1.29 is 14.3 Å². The Morgan fingerprint density at radius 1 is 1.20 bits per heavy atom. The van der Waals surface area contributed by atoms with Crippen molar-refractivity contribution in [2.24, 2.45) is 5.73 Å². The minimum atomic E-state index is -0.673. The number of amides is 3. The Morgan fingerprint density at radius 2 is 1.92 bits per heavy atom. The summed E-state index contributed by atoms with van der Waals surface area (Å²) in [6.45, 7) is 0.393. The molecule has 0 radical (unpaired) electrons. The lowest BCUT2D eigenvalue weighted by molar-refractivity contribution is -0.121. The Balaban J connectivity index is 1.97. The first-order valence-electron chi connectivity index (χ1n) is 7.69. The zero-order valence-corrected chi connectivity index (χ0v) is 15.4. The van der Waals surface area contributed by atoms with Gasteiger partial charge in [0.2, 0.25) is 5.91 Å². The van der Waals surface area contributed by atoms with E-state index in [4.69, 9.17) is 10.5 Å². The van der Waals surface area contributed by atoms with E-state index in [1.54, 1.807) is 7.11 Å². The first kappa shape index (κ1) is 18.8. The van der Waals surface area contributed by atoms with Gasteiger partial charge in [-0.15, -0.1) is 0 Å². The molecule has 0 fully saturated rings. The molecular weight excluding hydrogens is 386 g/mol. The third-order valence-corrected chi connectivity index (χ3v) is 4.10. The Kier molecular flexibility index (Phi) is 6.82. The van der Waals surface area contributed by atoms with Crippen molar-refractivity contribution in [3.63, 3.8) is 0 Å². The molecule has 1 atom stereocenters. The number of methoxy groups -OCH3 is 1. The molecule has 0 heterocycles. The lowest BCUT2D eigenvalue weighted by atomic mass is 10.0. The second-order valence-corrected chi connectivity index (χ2v) is 6.36. The number of nitrogens with one attached hydrogen (secondary N) is 2. The van der Waals surface area contributed by atoms with Crippen LogP contribution in [0.3, 0.4) is 0 Å². The maximum absolute atomic E-state index is 12.2. The number of carbonyl (C=O) groups is 2. The fourth-order valence-corrected chi connectivity index (χ4v) is 2.77. The number of ether oxygens (including phenoxy) is 1. The van der Waals surface area contributed by atoms with E-state index < -0.39 is 12.1 Å². The van der Waals surface area contributed by atoms with E-state index in [0.717, 1.165) is 21.3 Å². The molecule has 0 saturated carbocycles. The van der Waals surface area contributed by atoms with Gasteiger partial charge in [0.25, 0.3) is 0 Å². The molecule has 0 aromatic heterocycles. The average molecular weight is 406 g/mol. The molecule has 6 nitrogen and oxygen atoms in total. The highest BCUT2D eigenvalue weighted by Gasteiger charge is 2.17. The van der Waals surface area contributed by atoms with E-state index >= 15 is 0 Å². The molecule has 0 aliphatic heterocycles. The molecule has 0 aliphatic rings. The van der Waals surface area contributed by atoms with Crippen molar-refractivity contribution in [1.82, 2.24) is 10.6 Å². The van der Waals surface area contributed by atoms with E-state index in [-0.39, 0.29) is 12.3 Å². The smallest absolute Gasteiger partial charge is 0.312 e. The summed E-state index contributed by atoms with van der Waals surface area (Å²) in [5.41, 5.74) is 6.98. The Hall–Kier alpha value is -2.54. The Bertz CT molecular complexity index is 735. The van der Waals surface area contributed by atoms with Crippen LogP contribution in [-0.2, 0) is 11.3 Å². The van der Waals surface area contributed by atoms with Gasteiger partial charge in [-0.2, -0.15) is 0 Å². The SMILES string of the molecule is COc1ccc(CNC(=O)CC(NC(N)=O)c2cccc(Br)c2)cc1. The van der Waals surface area contributed by atoms with Crippen molar-refractivity contribution in [3.8, 4) is 5.75 Å². The fourth-order valence-electron chi connectivity index (χ4n) is 2.35. The van der Waals surface area contributed by atoms with Crippen LogP contribution in [-0.4, -0.2) is 19.0 Å². The second-order valence-electron chi connectivity index (χ2n) is 5.45. The largest absolute Gasteiger partial charge is 0.497 e. The van der Waals surface area contributed by atoms with E-state index in [9.17, 15) is 9.59 Å². The van der Waals surface area contributed by atoms with Crippen molar-refractivity contribution in [2.75, 3.05) is 7.11 Å². The van der Waals surface area contributed by atoms with Gasteiger partial charge in [0.1, 0.15) is 5.75 Å². The van der Waals surface area contributed by atoms with Crippen LogP contribution in [0.25, 0.3) is 0 Å². The third kappa shape index (κ3) is 6.11. The van der Waals surface area contributed by atoms with E-state index in [2.05, 4.69) is 26.6 Å². The summed E-state index contributed by atoms with van der Waals surface area (Å²) in [4.78, 5) is 23.5. The summed E-state index contributed by atoms with van der Waals surface area (Å²) < 4.78 is 5.96. The zero-order valence-electron chi connectivity index (χ0n) is 13.8. The van der Waals surface area contributed by atoms with Gasteiger partial charge in [0.05, 0.1) is 19.6 Å². The fraction of sp³-hybridized carbons (Fsp3) is 0.222. The first-order chi connectivity index (χ1) is 12.0. The summed E-state index contributed by atoms with van der Waals surface area (Å²) >= 11 is 3.38. The molecule has 1 unspecified atom stereocenters. The molecule has 7 heteroatoms. The standard InChI is InChI=1S/C18H20BrN3O3/c1-25-15-7-5-12(6-8-15)11-21-17(23)10-16(22-18(20)24)13-3-2-4-14(19)9-13/h2-9,16H,10-11H2,1H3,(H,21,23)(H3,20,22,24). The maximum Gasteiger partial charge on any atom is 0.312 e. The molecule has 132 valence electrons. The number of urea groups is 1. The van der Waals surface area contributed by atoms with Crippen molar-refractivity contribution in [1.29, 1.82) is 0 Å². The monoisotopic (exact) mass is 405 g/mol.